The Balaban J connectivity index is 2.01. The smallest absolute Gasteiger partial charge is 0.307 e. The van der Waals surface area contributed by atoms with E-state index in [2.05, 4.69) is 46.7 Å². The topological polar surface area (TPSA) is 59.4 Å². The molecule has 2 aromatic rings. The fourth-order valence-electron chi connectivity index (χ4n) is 3.48. The van der Waals surface area contributed by atoms with Crippen LogP contribution in [0.5, 0.6) is 0 Å². The molecule has 3 heterocycles. The first kappa shape index (κ1) is 18.4. The molecule has 2 aromatic heterocycles. The standard InChI is InChI=1S/C19H24N4O2S/c1-12-11-14(13(2)22(12)3)18-17(15-7-5-6-9-20-15)21-19(26)23(18)10-8-16(24)25-4/h5-7,9,11,17-18H,8,10H2,1-4H3,(H,21,26). The zero-order valence-corrected chi connectivity index (χ0v) is 16.3. The minimum atomic E-state index is -0.242. The molecule has 3 rings (SSSR count). The Kier molecular flexibility index (Phi) is 5.27. The number of esters is 1. The third kappa shape index (κ3) is 3.31. The zero-order valence-electron chi connectivity index (χ0n) is 15.5. The van der Waals surface area contributed by atoms with Crippen LogP contribution in [0.2, 0.25) is 0 Å². The minimum Gasteiger partial charge on any atom is -0.469 e. The molecule has 138 valence electrons. The Bertz CT molecular complexity index is 818. The summed E-state index contributed by atoms with van der Waals surface area (Å²) >= 11 is 5.59. The number of hydrogen-bond donors (Lipinski definition) is 1. The van der Waals surface area contributed by atoms with Crippen molar-refractivity contribution in [2.75, 3.05) is 13.7 Å². The summed E-state index contributed by atoms with van der Waals surface area (Å²) in [5.41, 5.74) is 4.49. The maximum absolute atomic E-state index is 11.7. The zero-order chi connectivity index (χ0) is 18.8. The number of aromatic nitrogens is 2. The van der Waals surface area contributed by atoms with Crippen molar-refractivity contribution in [2.45, 2.75) is 32.4 Å². The number of thiocarbonyl (C=S) groups is 1. The van der Waals surface area contributed by atoms with Gasteiger partial charge in [-0.05, 0) is 49.8 Å². The van der Waals surface area contributed by atoms with E-state index in [0.29, 0.717) is 11.7 Å². The van der Waals surface area contributed by atoms with E-state index in [9.17, 15) is 4.79 Å². The highest BCUT2D eigenvalue weighted by atomic mass is 32.1. The Labute approximate surface area is 159 Å². The lowest BCUT2D eigenvalue weighted by atomic mass is 9.96. The van der Waals surface area contributed by atoms with Gasteiger partial charge in [-0.15, -0.1) is 0 Å². The Morgan fingerprint density at radius 2 is 2.15 bits per heavy atom. The summed E-state index contributed by atoms with van der Waals surface area (Å²) in [6.07, 6.45) is 2.08. The molecule has 26 heavy (non-hydrogen) atoms. The van der Waals surface area contributed by atoms with Gasteiger partial charge in [0, 0.05) is 31.2 Å². The summed E-state index contributed by atoms with van der Waals surface area (Å²) in [6, 6.07) is 7.98. The van der Waals surface area contributed by atoms with Gasteiger partial charge in [-0.3, -0.25) is 9.78 Å². The molecule has 0 aliphatic carbocycles. The van der Waals surface area contributed by atoms with Gasteiger partial charge >= 0.3 is 5.97 Å². The van der Waals surface area contributed by atoms with Crippen LogP contribution in [0.1, 0.15) is 41.1 Å². The van der Waals surface area contributed by atoms with Crippen LogP contribution in [0.4, 0.5) is 0 Å². The van der Waals surface area contributed by atoms with Crippen LogP contribution < -0.4 is 5.32 Å². The molecule has 0 aromatic carbocycles. The van der Waals surface area contributed by atoms with Crippen molar-refractivity contribution >= 4 is 23.3 Å². The number of carbonyl (C=O) groups excluding carboxylic acids is 1. The maximum Gasteiger partial charge on any atom is 0.307 e. The van der Waals surface area contributed by atoms with E-state index in [1.54, 1.807) is 6.20 Å². The van der Waals surface area contributed by atoms with Gasteiger partial charge < -0.3 is 19.5 Å². The van der Waals surface area contributed by atoms with E-state index in [1.807, 2.05) is 18.2 Å². The number of methoxy groups -OCH3 is 1. The number of carbonyl (C=O) groups is 1. The van der Waals surface area contributed by atoms with Crippen LogP contribution in [0.25, 0.3) is 0 Å². The van der Waals surface area contributed by atoms with E-state index in [-0.39, 0.29) is 24.5 Å². The SMILES string of the molecule is COC(=O)CCN1C(=S)NC(c2ccccn2)C1c1cc(C)n(C)c1C. The predicted octanol–water partition coefficient (Wildman–Crippen LogP) is 2.57. The summed E-state index contributed by atoms with van der Waals surface area (Å²) in [4.78, 5) is 18.3. The highest BCUT2D eigenvalue weighted by Gasteiger charge is 2.41. The Hall–Kier alpha value is -2.41. The van der Waals surface area contributed by atoms with Gasteiger partial charge in [0.05, 0.1) is 31.3 Å². The van der Waals surface area contributed by atoms with Gasteiger partial charge in [0.25, 0.3) is 0 Å². The fraction of sp³-hybridized carbons (Fsp3) is 0.421. The summed E-state index contributed by atoms with van der Waals surface area (Å²) in [5, 5.41) is 4.03. The molecule has 0 amide bonds. The number of aryl methyl sites for hydroxylation is 1. The fourth-order valence-corrected chi connectivity index (χ4v) is 3.81. The molecule has 1 aliphatic heterocycles. The van der Waals surface area contributed by atoms with Crippen molar-refractivity contribution in [2.24, 2.45) is 7.05 Å². The molecule has 1 saturated heterocycles. The van der Waals surface area contributed by atoms with Gasteiger partial charge in [0.15, 0.2) is 5.11 Å². The second kappa shape index (κ2) is 7.45. The average Bonchev–Trinajstić information content (AvgIpc) is 3.11. The molecule has 0 saturated carbocycles. The van der Waals surface area contributed by atoms with Gasteiger partial charge in [0.1, 0.15) is 0 Å². The lowest BCUT2D eigenvalue weighted by molar-refractivity contribution is -0.140. The van der Waals surface area contributed by atoms with Crippen LogP contribution in [0.15, 0.2) is 30.5 Å². The molecule has 2 atom stereocenters. The molecule has 0 radical (unpaired) electrons. The van der Waals surface area contributed by atoms with Crippen LogP contribution in [0, 0.1) is 13.8 Å². The Morgan fingerprint density at radius 3 is 2.73 bits per heavy atom. The monoisotopic (exact) mass is 372 g/mol. The third-order valence-corrected chi connectivity index (χ3v) is 5.47. The molecule has 6 nitrogen and oxygen atoms in total. The predicted molar refractivity (Wildman–Crippen MR) is 104 cm³/mol. The first-order chi connectivity index (χ1) is 12.4. The molecule has 2 unspecified atom stereocenters. The first-order valence-corrected chi connectivity index (χ1v) is 9.02. The number of nitrogens with one attached hydrogen (secondary N) is 1. The minimum absolute atomic E-state index is 0.0260. The van der Waals surface area contributed by atoms with Crippen LogP contribution in [0.3, 0.4) is 0 Å². The number of nitrogens with zero attached hydrogens (tertiary/aromatic N) is 3. The van der Waals surface area contributed by atoms with Crippen LogP contribution >= 0.6 is 12.2 Å². The molecule has 0 bridgehead atoms. The second-order valence-corrected chi connectivity index (χ2v) is 6.92. The van der Waals surface area contributed by atoms with Gasteiger partial charge in [-0.2, -0.15) is 0 Å². The van der Waals surface area contributed by atoms with Gasteiger partial charge in [-0.1, -0.05) is 6.07 Å². The van der Waals surface area contributed by atoms with Gasteiger partial charge in [-0.25, -0.2) is 0 Å². The number of ether oxygens (including phenoxy) is 1. The molecular formula is C19H24N4O2S. The van der Waals surface area contributed by atoms with Crippen LogP contribution in [-0.4, -0.2) is 39.2 Å². The molecule has 0 spiro atoms. The molecule has 1 fully saturated rings. The second-order valence-electron chi connectivity index (χ2n) is 6.53. The van der Waals surface area contributed by atoms with Crippen molar-refractivity contribution < 1.29 is 9.53 Å². The van der Waals surface area contributed by atoms with E-state index in [4.69, 9.17) is 17.0 Å². The van der Waals surface area contributed by atoms with Crippen molar-refractivity contribution in [3.8, 4) is 0 Å². The largest absolute Gasteiger partial charge is 0.469 e. The van der Waals surface area contributed by atoms with Crippen LogP contribution in [-0.2, 0) is 16.6 Å². The quantitative estimate of drug-likeness (QED) is 0.643. The van der Waals surface area contributed by atoms with E-state index < -0.39 is 0 Å². The number of pyridine rings is 1. The van der Waals surface area contributed by atoms with Crippen molar-refractivity contribution in [3.63, 3.8) is 0 Å². The first-order valence-electron chi connectivity index (χ1n) is 8.61. The lowest BCUT2D eigenvalue weighted by Gasteiger charge is -2.27. The Morgan fingerprint density at radius 1 is 1.38 bits per heavy atom. The summed E-state index contributed by atoms with van der Waals surface area (Å²) in [6.45, 7) is 4.70. The highest BCUT2D eigenvalue weighted by molar-refractivity contribution is 7.80. The normalized spacial score (nSPS) is 19.5. The van der Waals surface area contributed by atoms with Crippen molar-refractivity contribution in [1.29, 1.82) is 0 Å². The number of rotatable bonds is 5. The summed E-state index contributed by atoms with van der Waals surface area (Å²) in [7, 11) is 3.46. The molecule has 1 N–H and O–H groups in total. The molecule has 1 aliphatic rings. The number of hydrogen-bond acceptors (Lipinski definition) is 4. The van der Waals surface area contributed by atoms with E-state index in [1.165, 1.54) is 24.1 Å². The summed E-state index contributed by atoms with van der Waals surface area (Å²) in [5.74, 6) is -0.242. The van der Waals surface area contributed by atoms with Crippen molar-refractivity contribution in [1.82, 2.24) is 19.8 Å². The van der Waals surface area contributed by atoms with Crippen molar-refractivity contribution in [3.05, 3.63) is 53.1 Å². The highest BCUT2D eigenvalue weighted by Crippen LogP contribution is 2.40. The third-order valence-electron chi connectivity index (χ3n) is 5.12. The molecular weight excluding hydrogens is 348 g/mol. The van der Waals surface area contributed by atoms with E-state index in [0.717, 1.165) is 5.69 Å². The van der Waals surface area contributed by atoms with Gasteiger partial charge in [0.2, 0.25) is 0 Å². The average molecular weight is 372 g/mol. The summed E-state index contributed by atoms with van der Waals surface area (Å²) < 4.78 is 6.97. The maximum atomic E-state index is 11.7. The lowest BCUT2D eigenvalue weighted by Crippen LogP contribution is -2.32. The van der Waals surface area contributed by atoms with E-state index >= 15 is 0 Å². The molecule has 7 heteroatoms.